The first kappa shape index (κ1) is 23.4. The van der Waals surface area contributed by atoms with Crippen molar-refractivity contribution in [3.05, 3.63) is 30.0 Å². The molecule has 0 spiro atoms. The van der Waals surface area contributed by atoms with Crippen molar-refractivity contribution in [3.8, 4) is 0 Å². The molecule has 0 saturated heterocycles. The zero-order valence-corrected chi connectivity index (χ0v) is 21.0. The van der Waals surface area contributed by atoms with Gasteiger partial charge < -0.3 is 14.6 Å². The predicted octanol–water partition coefficient (Wildman–Crippen LogP) is 4.12. The summed E-state index contributed by atoms with van der Waals surface area (Å²) in [5.41, 5.74) is -0.0973. The largest absolute Gasteiger partial charge is 0.430 e. The van der Waals surface area contributed by atoms with Crippen molar-refractivity contribution in [1.82, 2.24) is 9.97 Å². The number of ketones is 2. The van der Waals surface area contributed by atoms with Gasteiger partial charge in [0.2, 0.25) is 0 Å². The van der Waals surface area contributed by atoms with Gasteiger partial charge in [0.1, 0.15) is 5.60 Å². The summed E-state index contributed by atoms with van der Waals surface area (Å²) in [5.74, 6) is 0.491. The Morgan fingerprint density at radius 1 is 1.26 bits per heavy atom. The van der Waals surface area contributed by atoms with Crippen molar-refractivity contribution in [2.45, 2.75) is 75.7 Å². The summed E-state index contributed by atoms with van der Waals surface area (Å²) in [6.07, 6.45) is 7.50. The van der Waals surface area contributed by atoms with Crippen LogP contribution in [0.25, 0.3) is 11.2 Å². The Balaban J connectivity index is 1.24. The number of nitrogens with zero attached hydrogens (tertiary/aromatic N) is 2. The lowest BCUT2D eigenvalue weighted by Gasteiger charge is -2.60. The third-order valence-electron chi connectivity index (χ3n) is 9.98. The molecule has 0 aromatic carbocycles. The Bertz CT molecular complexity index is 1210. The number of fused-ring (bicyclic) bond motifs is 6. The maximum absolute atomic E-state index is 13.5. The first-order chi connectivity index (χ1) is 16.7. The second-order valence-electron chi connectivity index (χ2n) is 11.5. The molecule has 2 aromatic rings. The number of thioether (sulfide) groups is 1. The number of hydrogen-bond acceptors (Lipinski definition) is 8. The molecule has 0 bridgehead atoms. The number of carbonyl (C=O) groups excluding carboxylic acids is 2. The molecule has 0 aliphatic heterocycles. The zero-order valence-electron chi connectivity index (χ0n) is 20.2. The number of hydrogen-bond donors (Lipinski definition) is 2. The van der Waals surface area contributed by atoms with Gasteiger partial charge in [0.25, 0.3) is 5.22 Å². The van der Waals surface area contributed by atoms with Gasteiger partial charge in [-0.05, 0) is 79.9 Å². The van der Waals surface area contributed by atoms with Crippen molar-refractivity contribution < 1.29 is 24.2 Å². The van der Waals surface area contributed by atoms with E-state index >= 15 is 0 Å². The molecule has 3 fully saturated rings. The molecule has 35 heavy (non-hydrogen) atoms. The first-order valence-electron chi connectivity index (χ1n) is 12.7. The Hall–Kier alpha value is -2.03. The van der Waals surface area contributed by atoms with Crippen LogP contribution in [-0.4, -0.2) is 49.2 Å². The van der Waals surface area contributed by atoms with Crippen LogP contribution in [0.15, 0.2) is 39.6 Å². The topological polar surface area (TPSA) is 114 Å². The van der Waals surface area contributed by atoms with Gasteiger partial charge in [-0.25, -0.2) is 4.98 Å². The van der Waals surface area contributed by atoms with E-state index in [4.69, 9.17) is 4.42 Å². The van der Waals surface area contributed by atoms with E-state index in [-0.39, 0.29) is 40.5 Å². The average molecular weight is 497 g/mol. The van der Waals surface area contributed by atoms with Crippen molar-refractivity contribution in [1.29, 1.82) is 0 Å². The molecular formula is C27H32N2O5S. The quantitative estimate of drug-likeness (QED) is 0.608. The highest BCUT2D eigenvalue weighted by Crippen LogP contribution is 2.67. The molecule has 0 amide bonds. The van der Waals surface area contributed by atoms with E-state index < -0.39 is 17.1 Å². The third-order valence-corrected chi connectivity index (χ3v) is 10.8. The molecule has 2 heterocycles. The summed E-state index contributed by atoms with van der Waals surface area (Å²) >= 11 is 1.19. The third kappa shape index (κ3) is 3.32. The van der Waals surface area contributed by atoms with Crippen molar-refractivity contribution in [3.63, 3.8) is 0 Å². The lowest BCUT2D eigenvalue weighted by molar-refractivity contribution is -0.178. The molecular weight excluding hydrogens is 464 g/mol. The molecule has 3 saturated carbocycles. The molecule has 4 aliphatic rings. The lowest BCUT2D eigenvalue weighted by atomic mass is 9.45. The summed E-state index contributed by atoms with van der Waals surface area (Å²) in [6, 6.07) is 3.55. The van der Waals surface area contributed by atoms with Crippen LogP contribution in [0.5, 0.6) is 0 Å². The van der Waals surface area contributed by atoms with Crippen molar-refractivity contribution >= 4 is 34.6 Å². The predicted molar refractivity (Wildman–Crippen MR) is 131 cm³/mol. The molecule has 7 atom stereocenters. The van der Waals surface area contributed by atoms with E-state index in [1.165, 1.54) is 17.3 Å². The van der Waals surface area contributed by atoms with Crippen LogP contribution in [0.2, 0.25) is 0 Å². The fourth-order valence-electron chi connectivity index (χ4n) is 8.21. The van der Waals surface area contributed by atoms with Crippen LogP contribution >= 0.6 is 11.8 Å². The molecule has 6 rings (SSSR count). The summed E-state index contributed by atoms with van der Waals surface area (Å²) in [7, 11) is 0. The number of aliphatic hydroxyl groups is 2. The number of aliphatic hydroxyl groups excluding tert-OH is 1. The number of rotatable bonds is 4. The number of oxazole rings is 1. The number of pyridine rings is 1. The average Bonchev–Trinajstić information content (AvgIpc) is 3.36. The smallest absolute Gasteiger partial charge is 0.258 e. The highest BCUT2D eigenvalue weighted by molar-refractivity contribution is 7.99. The fraction of sp³-hybridized carbons (Fsp3) is 0.630. The molecule has 2 aromatic heterocycles. The minimum absolute atomic E-state index is 0.0581. The molecule has 2 N–H and O–H groups in total. The van der Waals surface area contributed by atoms with Crippen LogP contribution in [0, 0.1) is 28.6 Å². The van der Waals surface area contributed by atoms with E-state index in [1.54, 1.807) is 18.3 Å². The number of carbonyl (C=O) groups is 2. The van der Waals surface area contributed by atoms with Gasteiger partial charge in [0, 0.05) is 18.0 Å². The van der Waals surface area contributed by atoms with Gasteiger partial charge in [0.05, 0.1) is 11.9 Å². The highest BCUT2D eigenvalue weighted by Gasteiger charge is 2.68. The van der Waals surface area contributed by atoms with E-state index in [2.05, 4.69) is 16.9 Å². The number of allylic oxidation sites excluding steroid dienone is 1. The summed E-state index contributed by atoms with van der Waals surface area (Å²) in [4.78, 5) is 34.1. The van der Waals surface area contributed by atoms with E-state index in [0.717, 1.165) is 25.7 Å². The maximum Gasteiger partial charge on any atom is 0.258 e. The minimum atomic E-state index is -1.49. The number of aromatic nitrogens is 2. The summed E-state index contributed by atoms with van der Waals surface area (Å²) in [5, 5.41) is 23.8. The van der Waals surface area contributed by atoms with Crippen LogP contribution in [0.1, 0.15) is 58.8 Å². The van der Waals surface area contributed by atoms with Gasteiger partial charge in [-0.2, -0.15) is 4.98 Å². The number of Topliss-reactive ketones (excluding diaryl/α,β-unsaturated/α-hetero) is 1. The summed E-state index contributed by atoms with van der Waals surface area (Å²) < 4.78 is 5.69. The Morgan fingerprint density at radius 2 is 2.09 bits per heavy atom. The molecule has 0 radical (unpaired) electrons. The van der Waals surface area contributed by atoms with Crippen LogP contribution in [0.4, 0.5) is 0 Å². The molecule has 0 unspecified atom stereocenters. The van der Waals surface area contributed by atoms with Gasteiger partial charge in [-0.15, -0.1) is 0 Å². The molecule has 4 aliphatic carbocycles. The van der Waals surface area contributed by atoms with Gasteiger partial charge in [-0.3, -0.25) is 9.59 Å². The Labute approximate surface area is 208 Å². The normalized spacial score (nSPS) is 40.7. The van der Waals surface area contributed by atoms with Crippen molar-refractivity contribution in [2.24, 2.45) is 28.6 Å². The second-order valence-corrected chi connectivity index (χ2v) is 12.4. The fourth-order valence-corrected chi connectivity index (χ4v) is 9.00. The molecule has 186 valence electrons. The minimum Gasteiger partial charge on any atom is -0.430 e. The SMILES string of the molecule is C[C@]12CCC(=O)C=C1CC[C@@H]1[C@@H]2[C@@H](O)C[C@@]2(C)[C@H]1CC[C@]2(O)C(=O)CSc1nc2ncccc2o1. The first-order valence-corrected chi connectivity index (χ1v) is 13.7. The monoisotopic (exact) mass is 496 g/mol. The standard InChI is InChI=1S/C27H32N2O5S/c1-25-9-7-16(30)12-15(25)5-6-17-18-8-10-27(33,26(18,2)13-19(31)22(17)25)21(32)14-35-24-29-23-20(34-24)4-3-11-28-23/h3-4,11-12,17-19,22,31,33H,5-10,13-14H2,1-2H3/t17-,18-,19-,22+,25-,26-,27-/m0/s1. The highest BCUT2D eigenvalue weighted by atomic mass is 32.2. The lowest BCUT2D eigenvalue weighted by Crippen LogP contribution is -2.61. The Kier molecular flexibility index (Phi) is 5.33. The van der Waals surface area contributed by atoms with E-state index in [9.17, 15) is 19.8 Å². The van der Waals surface area contributed by atoms with Gasteiger partial charge in [0.15, 0.2) is 22.8 Å². The van der Waals surface area contributed by atoms with Gasteiger partial charge >= 0.3 is 0 Å². The van der Waals surface area contributed by atoms with Crippen molar-refractivity contribution in [2.75, 3.05) is 5.75 Å². The molecule has 8 heteroatoms. The van der Waals surface area contributed by atoms with Crippen LogP contribution < -0.4 is 0 Å². The zero-order chi connectivity index (χ0) is 24.6. The van der Waals surface area contributed by atoms with E-state index in [1.807, 2.05) is 13.0 Å². The maximum atomic E-state index is 13.5. The van der Waals surface area contributed by atoms with Crippen LogP contribution in [-0.2, 0) is 9.59 Å². The van der Waals surface area contributed by atoms with Crippen LogP contribution in [0.3, 0.4) is 0 Å². The van der Waals surface area contributed by atoms with E-state index in [0.29, 0.717) is 35.7 Å². The Morgan fingerprint density at radius 3 is 2.89 bits per heavy atom. The summed E-state index contributed by atoms with van der Waals surface area (Å²) in [6.45, 7) is 4.22. The van der Waals surface area contributed by atoms with Gasteiger partial charge in [-0.1, -0.05) is 31.2 Å². The molecule has 7 nitrogen and oxygen atoms in total. The second kappa shape index (κ2) is 7.98.